The van der Waals surface area contributed by atoms with Gasteiger partial charge in [0.05, 0.1) is 12.1 Å². The second kappa shape index (κ2) is 3.88. The minimum absolute atomic E-state index is 0.0491. The molecule has 1 saturated heterocycles. The number of imide groups is 1. The van der Waals surface area contributed by atoms with E-state index in [1.165, 1.54) is 4.90 Å². The van der Waals surface area contributed by atoms with Crippen LogP contribution >= 0.6 is 11.6 Å². The molecular weight excluding hydrogens is 254 g/mol. The van der Waals surface area contributed by atoms with Gasteiger partial charge in [0.1, 0.15) is 5.50 Å². The van der Waals surface area contributed by atoms with Gasteiger partial charge in [-0.3, -0.25) is 9.59 Å². The van der Waals surface area contributed by atoms with Gasteiger partial charge in [-0.2, -0.15) is 10.2 Å². The molecule has 0 N–H and O–H groups in total. The summed E-state index contributed by atoms with van der Waals surface area (Å²) in [5.74, 6) is -0.582. The van der Waals surface area contributed by atoms with Crippen LogP contribution in [0.4, 0.5) is 5.69 Å². The summed E-state index contributed by atoms with van der Waals surface area (Å²) in [6, 6.07) is 8.83. The van der Waals surface area contributed by atoms with E-state index < -0.39 is 11.0 Å². The molecule has 2 heterocycles. The van der Waals surface area contributed by atoms with Crippen LogP contribution in [0.5, 0.6) is 0 Å². The molecular formula is C12H10ClN3O2. The number of para-hydroxylation sites is 1. The topological polar surface area (TPSA) is 62.1 Å². The number of alkyl halides is 1. The molecule has 2 atom stereocenters. The summed E-state index contributed by atoms with van der Waals surface area (Å²) in [6.07, 6.45) is 0.343. The quantitative estimate of drug-likeness (QED) is 0.443. The maximum atomic E-state index is 12.4. The van der Waals surface area contributed by atoms with E-state index in [1.807, 2.05) is 6.07 Å². The molecule has 5 nitrogen and oxygen atoms in total. The zero-order chi connectivity index (χ0) is 12.8. The van der Waals surface area contributed by atoms with Gasteiger partial charge < -0.3 is 0 Å². The van der Waals surface area contributed by atoms with Crippen LogP contribution in [-0.2, 0) is 9.59 Å². The molecule has 0 aliphatic carbocycles. The summed E-state index contributed by atoms with van der Waals surface area (Å²) < 4.78 is 0. The molecule has 1 fully saturated rings. The molecule has 0 saturated carbocycles. The highest BCUT2D eigenvalue weighted by molar-refractivity contribution is 6.26. The summed E-state index contributed by atoms with van der Waals surface area (Å²) >= 11 is 5.85. The largest absolute Gasteiger partial charge is 0.274 e. The van der Waals surface area contributed by atoms with Crippen molar-refractivity contribution in [1.29, 1.82) is 0 Å². The van der Waals surface area contributed by atoms with Gasteiger partial charge in [-0.05, 0) is 12.1 Å². The lowest BCUT2D eigenvalue weighted by atomic mass is 9.95. The number of amides is 2. The molecule has 2 aliphatic rings. The van der Waals surface area contributed by atoms with E-state index in [9.17, 15) is 9.59 Å². The fraction of sp³-hybridized carbons (Fsp3) is 0.333. The first-order chi connectivity index (χ1) is 8.62. The number of rotatable bonds is 1. The van der Waals surface area contributed by atoms with E-state index >= 15 is 0 Å². The number of benzene rings is 1. The molecule has 92 valence electrons. The Kier molecular flexibility index (Phi) is 2.45. The Morgan fingerprint density at radius 2 is 2.00 bits per heavy atom. The molecule has 18 heavy (non-hydrogen) atoms. The van der Waals surface area contributed by atoms with Crippen molar-refractivity contribution in [2.24, 2.45) is 10.2 Å². The molecule has 1 aromatic rings. The summed E-state index contributed by atoms with van der Waals surface area (Å²) in [5, 5.41) is 7.71. The summed E-state index contributed by atoms with van der Waals surface area (Å²) in [5.41, 5.74) is -1.02. The molecule has 1 aromatic carbocycles. The monoisotopic (exact) mass is 263 g/mol. The third kappa shape index (κ3) is 1.54. The lowest BCUT2D eigenvalue weighted by Gasteiger charge is -2.17. The van der Waals surface area contributed by atoms with Crippen molar-refractivity contribution < 1.29 is 9.59 Å². The van der Waals surface area contributed by atoms with Gasteiger partial charge >= 0.3 is 0 Å². The van der Waals surface area contributed by atoms with Gasteiger partial charge in [0.15, 0.2) is 5.54 Å². The summed E-state index contributed by atoms with van der Waals surface area (Å²) in [7, 11) is 0. The third-order valence-corrected chi connectivity index (χ3v) is 3.43. The SMILES string of the molecule is O=C1CC2(CC(Cl)N=N2)C(=O)N1c1ccccc1. The Hall–Kier alpha value is -1.75. The highest BCUT2D eigenvalue weighted by Crippen LogP contribution is 2.40. The minimum atomic E-state index is -1.07. The van der Waals surface area contributed by atoms with Crippen molar-refractivity contribution in [2.75, 3.05) is 4.90 Å². The fourth-order valence-electron chi connectivity index (χ4n) is 2.34. The molecule has 1 spiro atoms. The van der Waals surface area contributed by atoms with E-state index in [2.05, 4.69) is 10.2 Å². The summed E-state index contributed by atoms with van der Waals surface area (Å²) in [6.45, 7) is 0. The van der Waals surface area contributed by atoms with Crippen LogP contribution in [0.25, 0.3) is 0 Å². The maximum Gasteiger partial charge on any atom is 0.264 e. The normalized spacial score (nSPS) is 30.7. The number of hydrogen-bond donors (Lipinski definition) is 0. The average molecular weight is 264 g/mol. The molecule has 3 rings (SSSR count). The van der Waals surface area contributed by atoms with Crippen LogP contribution in [0.3, 0.4) is 0 Å². The highest BCUT2D eigenvalue weighted by Gasteiger charge is 2.55. The molecule has 2 aliphatic heterocycles. The van der Waals surface area contributed by atoms with Crippen molar-refractivity contribution in [3.05, 3.63) is 30.3 Å². The number of hydrogen-bond acceptors (Lipinski definition) is 4. The first-order valence-corrected chi connectivity index (χ1v) is 6.05. The molecule has 0 bridgehead atoms. The lowest BCUT2D eigenvalue weighted by molar-refractivity contribution is -0.122. The van der Waals surface area contributed by atoms with E-state index in [0.29, 0.717) is 12.1 Å². The zero-order valence-electron chi connectivity index (χ0n) is 9.41. The van der Waals surface area contributed by atoms with E-state index in [4.69, 9.17) is 11.6 Å². The first-order valence-electron chi connectivity index (χ1n) is 5.61. The Labute approximate surface area is 108 Å². The predicted octanol–water partition coefficient (Wildman–Crippen LogP) is 2.11. The van der Waals surface area contributed by atoms with Crippen LogP contribution in [0, 0.1) is 0 Å². The minimum Gasteiger partial charge on any atom is -0.274 e. The number of halogens is 1. The number of azo groups is 1. The number of nitrogens with zero attached hydrogens (tertiary/aromatic N) is 3. The van der Waals surface area contributed by atoms with Gasteiger partial charge in [-0.1, -0.05) is 29.8 Å². The number of carbonyl (C=O) groups is 2. The second-order valence-electron chi connectivity index (χ2n) is 4.43. The first kappa shape index (κ1) is 11.3. The van der Waals surface area contributed by atoms with Gasteiger partial charge in [-0.15, -0.1) is 0 Å². The lowest BCUT2D eigenvalue weighted by Crippen LogP contribution is -2.38. The van der Waals surface area contributed by atoms with E-state index in [-0.39, 0.29) is 18.2 Å². The molecule has 0 aromatic heterocycles. The average Bonchev–Trinajstić information content (AvgIpc) is 2.83. The number of anilines is 1. The molecule has 0 radical (unpaired) electrons. The smallest absolute Gasteiger partial charge is 0.264 e. The van der Waals surface area contributed by atoms with Crippen LogP contribution in [0.15, 0.2) is 40.6 Å². The number of carbonyl (C=O) groups excluding carboxylic acids is 2. The van der Waals surface area contributed by atoms with Crippen molar-refractivity contribution in [3.8, 4) is 0 Å². The summed E-state index contributed by atoms with van der Waals surface area (Å²) in [4.78, 5) is 25.6. The zero-order valence-corrected chi connectivity index (χ0v) is 10.2. The van der Waals surface area contributed by atoms with Gasteiger partial charge in [0.25, 0.3) is 5.91 Å². The second-order valence-corrected chi connectivity index (χ2v) is 4.94. The Morgan fingerprint density at radius 1 is 1.28 bits per heavy atom. The molecule has 6 heteroatoms. The standard InChI is InChI=1S/C12H10ClN3O2/c13-9-6-12(15-14-9)7-10(17)16(11(12)18)8-4-2-1-3-5-8/h1-5,9H,6-7H2. The Morgan fingerprint density at radius 3 is 2.61 bits per heavy atom. The van der Waals surface area contributed by atoms with Crippen LogP contribution in [0.2, 0.25) is 0 Å². The van der Waals surface area contributed by atoms with Crippen molar-refractivity contribution in [3.63, 3.8) is 0 Å². The third-order valence-electron chi connectivity index (χ3n) is 3.19. The van der Waals surface area contributed by atoms with Crippen LogP contribution in [-0.4, -0.2) is 22.9 Å². The van der Waals surface area contributed by atoms with Crippen molar-refractivity contribution in [2.45, 2.75) is 23.9 Å². The molecule has 2 unspecified atom stereocenters. The highest BCUT2D eigenvalue weighted by atomic mass is 35.5. The fourth-order valence-corrected chi connectivity index (χ4v) is 2.63. The molecule has 2 amide bonds. The Balaban J connectivity index is 1.98. The van der Waals surface area contributed by atoms with E-state index in [0.717, 1.165) is 0 Å². The van der Waals surface area contributed by atoms with E-state index in [1.54, 1.807) is 24.3 Å². The predicted molar refractivity (Wildman–Crippen MR) is 65.4 cm³/mol. The maximum absolute atomic E-state index is 12.4. The van der Waals surface area contributed by atoms with Crippen LogP contribution in [0.1, 0.15) is 12.8 Å². The van der Waals surface area contributed by atoms with Crippen LogP contribution < -0.4 is 4.90 Å². The van der Waals surface area contributed by atoms with Gasteiger partial charge in [0.2, 0.25) is 5.91 Å². The van der Waals surface area contributed by atoms with Crippen molar-refractivity contribution >= 4 is 29.1 Å². The van der Waals surface area contributed by atoms with Gasteiger partial charge in [-0.25, -0.2) is 4.90 Å². The van der Waals surface area contributed by atoms with Crippen molar-refractivity contribution in [1.82, 2.24) is 0 Å². The van der Waals surface area contributed by atoms with Gasteiger partial charge in [0, 0.05) is 6.42 Å². The Bertz CT molecular complexity index is 546.